The lowest BCUT2D eigenvalue weighted by Crippen LogP contribution is -2.39. The van der Waals surface area contributed by atoms with Gasteiger partial charge < -0.3 is 14.4 Å². The minimum Gasteiger partial charge on any atom is -0.465 e. The molecule has 5 nitrogen and oxygen atoms in total. The molecular weight excluding hydrogens is 345 g/mol. The number of carbonyl (C=O) groups is 2. The maximum Gasteiger partial charge on any atom is 0.410 e. The van der Waals surface area contributed by atoms with Gasteiger partial charge in [-0.15, -0.1) is 0 Å². The van der Waals surface area contributed by atoms with Crippen molar-refractivity contribution in [1.29, 1.82) is 0 Å². The Morgan fingerprint density at radius 1 is 1.24 bits per heavy atom. The van der Waals surface area contributed by atoms with E-state index in [9.17, 15) is 14.0 Å². The van der Waals surface area contributed by atoms with E-state index in [0.29, 0.717) is 25.1 Å². The van der Waals surface area contributed by atoms with E-state index in [1.165, 1.54) is 19.2 Å². The summed E-state index contributed by atoms with van der Waals surface area (Å²) in [5, 5.41) is 0. The monoisotopic (exact) mass is 369 g/mol. The minimum atomic E-state index is -0.727. The van der Waals surface area contributed by atoms with Gasteiger partial charge in [-0.3, -0.25) is 0 Å². The second-order valence-electron chi connectivity index (χ2n) is 6.61. The Balaban J connectivity index is 0.00000312. The van der Waals surface area contributed by atoms with E-state index >= 15 is 0 Å². The molecule has 1 aromatic rings. The molecular formula is C18H24FNO4S. The van der Waals surface area contributed by atoms with Gasteiger partial charge in [0.2, 0.25) is 0 Å². The zero-order valence-corrected chi connectivity index (χ0v) is 15.9. The predicted molar refractivity (Wildman–Crippen MR) is 98.5 cm³/mol. The Labute approximate surface area is 154 Å². The molecule has 0 bridgehead atoms. The third-order valence-electron chi connectivity index (χ3n) is 3.55. The van der Waals surface area contributed by atoms with Crippen molar-refractivity contribution >= 4 is 31.1 Å². The van der Waals surface area contributed by atoms with Crippen molar-refractivity contribution in [3.8, 4) is 0 Å². The number of hydrogen-bond donors (Lipinski definition) is 0. The van der Waals surface area contributed by atoms with E-state index < -0.39 is 17.4 Å². The number of methoxy groups -OCH3 is 1. The Kier molecular flexibility index (Phi) is 7.05. The van der Waals surface area contributed by atoms with E-state index in [-0.39, 0.29) is 25.2 Å². The van der Waals surface area contributed by atoms with Crippen molar-refractivity contribution in [2.45, 2.75) is 32.8 Å². The molecule has 0 spiro atoms. The van der Waals surface area contributed by atoms with Gasteiger partial charge >= 0.3 is 12.1 Å². The standard InChI is InChI=1S/C18H22FNO4.H2S/c1-18(2,3)24-17(22)20-9-5-6-13(11-20)12-7-8-15(19)14(10-12)16(21)23-4;/h6-8,10H,5,9,11H2,1-4H3;1H2. The third-order valence-corrected chi connectivity index (χ3v) is 3.55. The Bertz CT molecular complexity index is 682. The van der Waals surface area contributed by atoms with Crippen LogP contribution in [0.25, 0.3) is 5.57 Å². The average molecular weight is 369 g/mol. The summed E-state index contributed by atoms with van der Waals surface area (Å²) in [5.41, 5.74) is 0.847. The van der Waals surface area contributed by atoms with Crippen LogP contribution < -0.4 is 0 Å². The predicted octanol–water partition coefficient (Wildman–Crippen LogP) is 3.75. The summed E-state index contributed by atoms with van der Waals surface area (Å²) in [4.78, 5) is 25.4. The quantitative estimate of drug-likeness (QED) is 0.745. The number of esters is 1. The fraction of sp³-hybridized carbons (Fsp3) is 0.444. The summed E-state index contributed by atoms with van der Waals surface area (Å²) in [7, 11) is 1.21. The second-order valence-corrected chi connectivity index (χ2v) is 6.61. The normalized spacial score (nSPS) is 14.3. The van der Waals surface area contributed by atoms with E-state index in [0.717, 1.165) is 5.57 Å². The first-order valence-corrected chi connectivity index (χ1v) is 7.76. The second kappa shape index (κ2) is 8.38. The number of rotatable bonds is 2. The first-order valence-electron chi connectivity index (χ1n) is 7.76. The lowest BCUT2D eigenvalue weighted by molar-refractivity contribution is 0.0272. The van der Waals surface area contributed by atoms with Crippen molar-refractivity contribution in [3.63, 3.8) is 0 Å². The molecule has 0 unspecified atom stereocenters. The zero-order chi connectivity index (χ0) is 17.9. The Morgan fingerprint density at radius 3 is 2.52 bits per heavy atom. The van der Waals surface area contributed by atoms with Gasteiger partial charge in [0.15, 0.2) is 0 Å². The fourth-order valence-electron chi connectivity index (χ4n) is 2.43. The fourth-order valence-corrected chi connectivity index (χ4v) is 2.43. The summed E-state index contributed by atoms with van der Waals surface area (Å²) in [5.74, 6) is -1.36. The number of benzene rings is 1. The van der Waals surface area contributed by atoms with Gasteiger partial charge in [0, 0.05) is 13.1 Å². The number of ether oxygens (including phenoxy) is 2. The third kappa shape index (κ3) is 5.49. The van der Waals surface area contributed by atoms with Crippen LogP contribution in [0.1, 0.15) is 43.1 Å². The van der Waals surface area contributed by atoms with E-state index in [4.69, 9.17) is 4.74 Å². The van der Waals surface area contributed by atoms with Crippen LogP contribution in [0.4, 0.5) is 9.18 Å². The largest absolute Gasteiger partial charge is 0.465 e. The molecule has 1 aliphatic heterocycles. The number of amides is 1. The molecule has 1 aromatic carbocycles. The molecule has 0 aliphatic carbocycles. The maximum atomic E-state index is 13.8. The van der Waals surface area contributed by atoms with Gasteiger partial charge in [-0.1, -0.05) is 12.1 Å². The Morgan fingerprint density at radius 2 is 1.92 bits per heavy atom. The highest BCUT2D eigenvalue weighted by molar-refractivity contribution is 7.59. The van der Waals surface area contributed by atoms with Crippen LogP contribution in [0.15, 0.2) is 24.3 Å². The van der Waals surface area contributed by atoms with Gasteiger partial charge in [-0.2, -0.15) is 13.5 Å². The SMILES string of the molecule is COC(=O)c1cc(C2=CCCN(C(=O)OC(C)(C)C)C2)ccc1F.S. The van der Waals surface area contributed by atoms with Crippen LogP contribution >= 0.6 is 13.5 Å². The van der Waals surface area contributed by atoms with E-state index in [1.54, 1.807) is 11.0 Å². The lowest BCUT2D eigenvalue weighted by atomic mass is 9.99. The smallest absolute Gasteiger partial charge is 0.410 e. The molecule has 0 aromatic heterocycles. The molecule has 0 atom stereocenters. The number of carbonyl (C=O) groups excluding carboxylic acids is 2. The van der Waals surface area contributed by atoms with E-state index in [1.807, 2.05) is 26.8 Å². The van der Waals surface area contributed by atoms with Crippen molar-refractivity contribution in [1.82, 2.24) is 4.90 Å². The summed E-state index contributed by atoms with van der Waals surface area (Å²) >= 11 is 0. The van der Waals surface area contributed by atoms with Gasteiger partial charge in [0.1, 0.15) is 11.4 Å². The summed E-state index contributed by atoms with van der Waals surface area (Å²) in [6.07, 6.45) is 2.26. The number of nitrogens with zero attached hydrogens (tertiary/aromatic N) is 1. The molecule has 0 saturated carbocycles. The zero-order valence-electron chi connectivity index (χ0n) is 14.9. The van der Waals surface area contributed by atoms with Crippen LogP contribution in [-0.4, -0.2) is 42.8 Å². The molecule has 0 fully saturated rings. The van der Waals surface area contributed by atoms with Crippen LogP contribution in [0.3, 0.4) is 0 Å². The van der Waals surface area contributed by atoms with Crippen LogP contribution in [0.2, 0.25) is 0 Å². The van der Waals surface area contributed by atoms with Gasteiger partial charge in [-0.05, 0) is 50.5 Å². The number of hydrogen-bond acceptors (Lipinski definition) is 4. The summed E-state index contributed by atoms with van der Waals surface area (Å²) in [6.45, 7) is 6.35. The molecule has 25 heavy (non-hydrogen) atoms. The molecule has 7 heteroatoms. The first kappa shape index (κ1) is 21.0. The van der Waals surface area contributed by atoms with Gasteiger partial charge in [0.25, 0.3) is 0 Å². The summed E-state index contributed by atoms with van der Waals surface area (Å²) < 4.78 is 23.7. The molecule has 2 rings (SSSR count). The van der Waals surface area contributed by atoms with Crippen molar-refractivity contribution in [3.05, 3.63) is 41.2 Å². The summed E-state index contributed by atoms with van der Waals surface area (Å²) in [6, 6.07) is 4.27. The van der Waals surface area contributed by atoms with Crippen molar-refractivity contribution in [2.75, 3.05) is 20.2 Å². The lowest BCUT2D eigenvalue weighted by Gasteiger charge is -2.30. The average Bonchev–Trinajstić information content (AvgIpc) is 2.53. The Hall–Kier alpha value is -2.02. The van der Waals surface area contributed by atoms with Crippen molar-refractivity contribution in [2.24, 2.45) is 0 Å². The van der Waals surface area contributed by atoms with Crippen molar-refractivity contribution < 1.29 is 23.5 Å². The maximum absolute atomic E-state index is 13.8. The van der Waals surface area contributed by atoms with Crippen LogP contribution in [-0.2, 0) is 9.47 Å². The minimum absolute atomic E-state index is 0. The molecule has 0 N–H and O–H groups in total. The van der Waals surface area contributed by atoms with Crippen LogP contribution in [0.5, 0.6) is 0 Å². The molecule has 1 aliphatic rings. The van der Waals surface area contributed by atoms with Crippen LogP contribution in [0, 0.1) is 5.82 Å². The number of halogens is 1. The topological polar surface area (TPSA) is 55.8 Å². The molecule has 0 saturated heterocycles. The first-order chi connectivity index (χ1) is 11.2. The highest BCUT2D eigenvalue weighted by Gasteiger charge is 2.25. The van der Waals surface area contributed by atoms with Gasteiger partial charge in [0.05, 0.1) is 12.7 Å². The van der Waals surface area contributed by atoms with Gasteiger partial charge in [-0.25, -0.2) is 14.0 Å². The molecule has 1 amide bonds. The highest BCUT2D eigenvalue weighted by atomic mass is 32.1. The highest BCUT2D eigenvalue weighted by Crippen LogP contribution is 2.24. The van der Waals surface area contributed by atoms with E-state index in [2.05, 4.69) is 4.74 Å². The molecule has 1 heterocycles. The molecule has 0 radical (unpaired) electrons. The molecule has 138 valence electrons.